The highest BCUT2D eigenvalue weighted by atomic mass is 32.1. The Morgan fingerprint density at radius 3 is 2.69 bits per heavy atom. The van der Waals surface area contributed by atoms with E-state index in [0.717, 1.165) is 21.8 Å². The van der Waals surface area contributed by atoms with E-state index in [2.05, 4.69) is 10.9 Å². The van der Waals surface area contributed by atoms with Crippen LogP contribution in [0.5, 0.6) is 11.5 Å². The van der Waals surface area contributed by atoms with Gasteiger partial charge in [-0.05, 0) is 49.4 Å². The summed E-state index contributed by atoms with van der Waals surface area (Å²) in [6.07, 6.45) is -0.877. The van der Waals surface area contributed by atoms with E-state index in [1.165, 1.54) is 42.5 Å². The molecule has 8 heteroatoms. The maximum Gasteiger partial charge on any atom is 0.279 e. The summed E-state index contributed by atoms with van der Waals surface area (Å²) in [7, 11) is 0. The number of halogens is 1. The number of carbonyl (C=O) groups is 2. The standard InChI is InChI=1S/C21H17FN2O4S/c1-12(28-15-8-6-14(22)7-9-15)20(25)23-24-21(26)18-10-13-11-27-17-5-3-2-4-16(17)19(13)29-18/h2-10,12H,11H2,1H3,(H,23,25)(H,24,26)/t12-/m1/s1. The fourth-order valence-corrected chi connectivity index (χ4v) is 3.96. The minimum absolute atomic E-state index is 0.352. The number of thiophene rings is 1. The highest BCUT2D eigenvalue weighted by molar-refractivity contribution is 7.17. The van der Waals surface area contributed by atoms with Crippen LogP contribution in [-0.4, -0.2) is 17.9 Å². The van der Waals surface area contributed by atoms with E-state index < -0.39 is 23.7 Å². The fourth-order valence-electron chi connectivity index (χ4n) is 2.86. The lowest BCUT2D eigenvalue weighted by Gasteiger charge is -2.16. The molecule has 2 aromatic carbocycles. The van der Waals surface area contributed by atoms with Crippen LogP contribution in [0.15, 0.2) is 54.6 Å². The number of fused-ring (bicyclic) bond motifs is 3. The monoisotopic (exact) mass is 412 g/mol. The Morgan fingerprint density at radius 2 is 1.90 bits per heavy atom. The van der Waals surface area contributed by atoms with E-state index in [0.29, 0.717) is 17.2 Å². The number of carbonyl (C=O) groups excluding carboxylic acids is 2. The number of amides is 2. The van der Waals surface area contributed by atoms with Gasteiger partial charge in [-0.15, -0.1) is 11.3 Å². The SMILES string of the molecule is C[C@@H](Oc1ccc(F)cc1)C(=O)NNC(=O)c1cc2c(s1)-c1ccccc1OC2. The topological polar surface area (TPSA) is 76.7 Å². The molecule has 2 N–H and O–H groups in total. The summed E-state index contributed by atoms with van der Waals surface area (Å²) in [6.45, 7) is 1.92. The van der Waals surface area contributed by atoms with Crippen molar-refractivity contribution in [2.24, 2.45) is 0 Å². The number of benzene rings is 2. The number of para-hydroxylation sites is 1. The van der Waals surface area contributed by atoms with Crippen molar-refractivity contribution in [3.63, 3.8) is 0 Å². The van der Waals surface area contributed by atoms with Crippen LogP contribution in [0.25, 0.3) is 10.4 Å². The Hall–Kier alpha value is -3.39. The van der Waals surface area contributed by atoms with E-state index in [4.69, 9.17) is 9.47 Å². The summed E-state index contributed by atoms with van der Waals surface area (Å²) in [5.41, 5.74) is 6.62. The van der Waals surface area contributed by atoms with Crippen molar-refractivity contribution in [3.8, 4) is 21.9 Å². The zero-order valence-electron chi connectivity index (χ0n) is 15.4. The van der Waals surface area contributed by atoms with Crippen molar-refractivity contribution >= 4 is 23.2 Å². The molecule has 0 saturated carbocycles. The molecule has 0 bridgehead atoms. The van der Waals surface area contributed by atoms with Gasteiger partial charge in [-0.2, -0.15) is 0 Å². The van der Waals surface area contributed by atoms with Crippen molar-refractivity contribution in [1.82, 2.24) is 10.9 Å². The van der Waals surface area contributed by atoms with Crippen molar-refractivity contribution in [2.75, 3.05) is 0 Å². The normalized spacial score (nSPS) is 12.8. The first kappa shape index (κ1) is 18.9. The molecule has 0 radical (unpaired) electrons. The highest BCUT2D eigenvalue weighted by Crippen LogP contribution is 2.42. The number of nitrogens with one attached hydrogen (secondary N) is 2. The largest absolute Gasteiger partial charge is 0.488 e. The fraction of sp³-hybridized carbons (Fsp3) is 0.143. The lowest BCUT2D eigenvalue weighted by Crippen LogP contribution is -2.47. The molecule has 1 atom stereocenters. The first-order chi connectivity index (χ1) is 14.0. The molecule has 148 valence electrons. The third-order valence-corrected chi connectivity index (χ3v) is 5.55. The number of ether oxygens (including phenoxy) is 2. The maximum atomic E-state index is 12.9. The van der Waals surface area contributed by atoms with Crippen LogP contribution in [0.1, 0.15) is 22.2 Å². The molecule has 0 aliphatic carbocycles. The Bertz CT molecular complexity index is 1060. The molecule has 0 fully saturated rings. The quantitative estimate of drug-likeness (QED) is 0.641. The Labute approximate surface area is 170 Å². The lowest BCUT2D eigenvalue weighted by molar-refractivity contribution is -0.128. The number of hydrogen-bond donors (Lipinski definition) is 2. The molecule has 1 aliphatic heterocycles. The molecule has 0 spiro atoms. The molecule has 1 aliphatic rings. The van der Waals surface area contributed by atoms with Crippen molar-refractivity contribution < 1.29 is 23.5 Å². The van der Waals surface area contributed by atoms with Crippen LogP contribution in [0.4, 0.5) is 4.39 Å². The molecule has 0 unspecified atom stereocenters. The molecule has 0 saturated heterocycles. The van der Waals surface area contributed by atoms with E-state index in [1.807, 2.05) is 24.3 Å². The summed E-state index contributed by atoms with van der Waals surface area (Å²) in [6, 6.07) is 14.7. The summed E-state index contributed by atoms with van der Waals surface area (Å²) in [4.78, 5) is 26.1. The molecule has 3 aromatic rings. The van der Waals surface area contributed by atoms with E-state index in [-0.39, 0.29) is 0 Å². The predicted octanol–water partition coefficient (Wildman–Crippen LogP) is 3.68. The Balaban J connectivity index is 1.37. The van der Waals surface area contributed by atoms with Crippen molar-refractivity contribution in [3.05, 3.63) is 70.9 Å². The number of rotatable bonds is 4. The van der Waals surface area contributed by atoms with E-state index in [1.54, 1.807) is 6.07 Å². The van der Waals surface area contributed by atoms with Crippen LogP contribution < -0.4 is 20.3 Å². The highest BCUT2D eigenvalue weighted by Gasteiger charge is 2.23. The van der Waals surface area contributed by atoms with Gasteiger partial charge in [-0.25, -0.2) is 4.39 Å². The van der Waals surface area contributed by atoms with Crippen molar-refractivity contribution in [1.29, 1.82) is 0 Å². The maximum absolute atomic E-state index is 12.9. The van der Waals surface area contributed by atoms with Gasteiger partial charge in [0.1, 0.15) is 23.9 Å². The second kappa shape index (κ2) is 7.92. The summed E-state index contributed by atoms with van der Waals surface area (Å²) in [5.74, 6) is -0.214. The minimum Gasteiger partial charge on any atom is -0.488 e. The molecule has 4 rings (SSSR count). The summed E-state index contributed by atoms with van der Waals surface area (Å²) >= 11 is 1.34. The smallest absolute Gasteiger partial charge is 0.279 e. The van der Waals surface area contributed by atoms with E-state index >= 15 is 0 Å². The Morgan fingerprint density at radius 1 is 1.14 bits per heavy atom. The molecular weight excluding hydrogens is 395 g/mol. The average molecular weight is 412 g/mol. The molecule has 6 nitrogen and oxygen atoms in total. The van der Waals surface area contributed by atoms with Gasteiger partial charge in [0.15, 0.2) is 6.10 Å². The number of hydrazine groups is 1. The minimum atomic E-state index is -0.877. The summed E-state index contributed by atoms with van der Waals surface area (Å²) < 4.78 is 24.1. The van der Waals surface area contributed by atoms with Crippen LogP contribution in [0.3, 0.4) is 0 Å². The Kier molecular flexibility index (Phi) is 5.18. The van der Waals surface area contributed by atoms with Gasteiger partial charge in [-0.3, -0.25) is 20.4 Å². The first-order valence-electron chi connectivity index (χ1n) is 8.88. The molecule has 2 amide bonds. The van der Waals surface area contributed by atoms with Gasteiger partial charge in [0.25, 0.3) is 11.8 Å². The van der Waals surface area contributed by atoms with Crippen LogP contribution in [0.2, 0.25) is 0 Å². The second-order valence-corrected chi connectivity index (χ2v) is 7.46. The predicted molar refractivity (Wildman–Crippen MR) is 106 cm³/mol. The van der Waals surface area contributed by atoms with Gasteiger partial charge < -0.3 is 9.47 Å². The molecular formula is C21H17FN2O4S. The van der Waals surface area contributed by atoms with Gasteiger partial charge in [0.2, 0.25) is 0 Å². The third-order valence-electron chi connectivity index (χ3n) is 4.34. The molecule has 1 aromatic heterocycles. The average Bonchev–Trinajstić information content (AvgIpc) is 3.18. The zero-order valence-corrected chi connectivity index (χ0v) is 16.2. The third kappa shape index (κ3) is 4.07. The molecule has 2 heterocycles. The van der Waals surface area contributed by atoms with Crippen molar-refractivity contribution in [2.45, 2.75) is 19.6 Å². The molecule has 29 heavy (non-hydrogen) atoms. The summed E-state index contributed by atoms with van der Waals surface area (Å²) in [5, 5.41) is 0. The van der Waals surface area contributed by atoms with Gasteiger partial charge >= 0.3 is 0 Å². The lowest BCUT2D eigenvalue weighted by atomic mass is 10.1. The second-order valence-electron chi connectivity index (χ2n) is 6.41. The van der Waals surface area contributed by atoms with Gasteiger partial charge in [0.05, 0.1) is 4.88 Å². The van der Waals surface area contributed by atoms with Crippen LogP contribution in [-0.2, 0) is 11.4 Å². The van der Waals surface area contributed by atoms with E-state index in [9.17, 15) is 14.0 Å². The first-order valence-corrected chi connectivity index (χ1v) is 9.70. The van der Waals surface area contributed by atoms with Crippen LogP contribution in [0, 0.1) is 5.82 Å². The van der Waals surface area contributed by atoms with Crippen LogP contribution >= 0.6 is 11.3 Å². The zero-order chi connectivity index (χ0) is 20.4. The van der Waals surface area contributed by atoms with Gasteiger partial charge in [0, 0.05) is 16.0 Å². The van der Waals surface area contributed by atoms with Gasteiger partial charge in [-0.1, -0.05) is 12.1 Å². The number of hydrogen-bond acceptors (Lipinski definition) is 5.